The van der Waals surface area contributed by atoms with E-state index in [0.717, 1.165) is 48.7 Å². The zero-order chi connectivity index (χ0) is 19.9. The van der Waals surface area contributed by atoms with Crippen molar-refractivity contribution in [3.63, 3.8) is 0 Å². The van der Waals surface area contributed by atoms with Crippen molar-refractivity contribution in [3.05, 3.63) is 59.7 Å². The van der Waals surface area contributed by atoms with E-state index in [0.29, 0.717) is 5.56 Å². The summed E-state index contributed by atoms with van der Waals surface area (Å²) in [4.78, 5) is 30.4. The summed E-state index contributed by atoms with van der Waals surface area (Å²) in [6.45, 7) is 5.43. The smallest absolute Gasteiger partial charge is 0.255 e. The fraction of sp³-hybridized carbons (Fsp3) is 0.364. The Morgan fingerprint density at radius 3 is 2.54 bits per heavy atom. The molecular formula is C22H27N3O2S. The molecule has 0 spiro atoms. The van der Waals surface area contributed by atoms with Crippen molar-refractivity contribution in [3.8, 4) is 0 Å². The molecule has 1 aliphatic rings. The molecule has 0 unspecified atom stereocenters. The summed E-state index contributed by atoms with van der Waals surface area (Å²) in [5, 5.41) is 2.90. The Hall–Kier alpha value is -2.31. The summed E-state index contributed by atoms with van der Waals surface area (Å²) in [5.41, 5.74) is 2.62. The normalized spacial score (nSPS) is 15.1. The van der Waals surface area contributed by atoms with Gasteiger partial charge in [-0.05, 0) is 51.2 Å². The van der Waals surface area contributed by atoms with Crippen molar-refractivity contribution in [1.29, 1.82) is 0 Å². The molecule has 3 rings (SSSR count). The Balaban J connectivity index is 1.62. The Bertz CT molecular complexity index is 823. The van der Waals surface area contributed by atoms with E-state index in [1.807, 2.05) is 60.4 Å². The van der Waals surface area contributed by atoms with Crippen LogP contribution in [0, 0.1) is 6.92 Å². The molecule has 0 bridgehead atoms. The van der Waals surface area contributed by atoms with Gasteiger partial charge in [0.05, 0.1) is 11.3 Å². The van der Waals surface area contributed by atoms with Crippen LogP contribution in [0.1, 0.15) is 22.3 Å². The van der Waals surface area contributed by atoms with Gasteiger partial charge < -0.3 is 15.1 Å². The maximum Gasteiger partial charge on any atom is 0.255 e. The summed E-state index contributed by atoms with van der Waals surface area (Å²) in [6, 6.07) is 15.3. The fourth-order valence-electron chi connectivity index (χ4n) is 3.17. The molecule has 148 valence electrons. The third-order valence-corrected chi connectivity index (χ3v) is 5.89. The number of hydrogen-bond donors (Lipinski definition) is 1. The molecule has 1 N–H and O–H groups in total. The van der Waals surface area contributed by atoms with Gasteiger partial charge in [-0.1, -0.05) is 29.8 Å². The van der Waals surface area contributed by atoms with Crippen LogP contribution in [0.25, 0.3) is 0 Å². The maximum absolute atomic E-state index is 13.0. The molecule has 1 saturated heterocycles. The standard InChI is InChI=1S/C22H27N3O2S/c1-17-8-10-18(11-9-17)23-21(26)16-28-20-7-4-3-6-19(20)22(27)25-13-5-12-24(2)14-15-25/h3-4,6-11H,5,12-16H2,1-2H3,(H,23,26). The SMILES string of the molecule is Cc1ccc(NC(=O)CSc2ccccc2C(=O)N2CCCN(C)CC2)cc1. The van der Waals surface area contributed by atoms with E-state index in [1.165, 1.54) is 11.8 Å². The van der Waals surface area contributed by atoms with E-state index in [9.17, 15) is 9.59 Å². The van der Waals surface area contributed by atoms with Gasteiger partial charge in [0.1, 0.15) is 0 Å². The molecular weight excluding hydrogens is 370 g/mol. The van der Waals surface area contributed by atoms with Crippen LogP contribution in [0.3, 0.4) is 0 Å². The van der Waals surface area contributed by atoms with Crippen molar-refractivity contribution in [2.45, 2.75) is 18.2 Å². The quantitative estimate of drug-likeness (QED) is 0.785. The second-order valence-corrected chi connectivity index (χ2v) is 8.17. The third kappa shape index (κ3) is 5.59. The van der Waals surface area contributed by atoms with Gasteiger partial charge in [0.15, 0.2) is 0 Å². The van der Waals surface area contributed by atoms with Crippen molar-refractivity contribution in [2.24, 2.45) is 0 Å². The van der Waals surface area contributed by atoms with Gasteiger partial charge in [-0.3, -0.25) is 9.59 Å². The monoisotopic (exact) mass is 397 g/mol. The molecule has 2 amide bonds. The van der Waals surface area contributed by atoms with E-state index in [1.54, 1.807) is 0 Å². The van der Waals surface area contributed by atoms with E-state index in [4.69, 9.17) is 0 Å². The van der Waals surface area contributed by atoms with Crippen LogP contribution in [-0.4, -0.2) is 60.6 Å². The summed E-state index contributed by atoms with van der Waals surface area (Å²) < 4.78 is 0. The van der Waals surface area contributed by atoms with Crippen LogP contribution in [0.15, 0.2) is 53.4 Å². The first kappa shape index (κ1) is 20.4. The number of nitrogens with one attached hydrogen (secondary N) is 1. The highest BCUT2D eigenvalue weighted by Crippen LogP contribution is 2.24. The predicted molar refractivity (Wildman–Crippen MR) is 115 cm³/mol. The highest BCUT2D eigenvalue weighted by atomic mass is 32.2. The Morgan fingerprint density at radius 2 is 1.75 bits per heavy atom. The number of carbonyl (C=O) groups excluding carboxylic acids is 2. The lowest BCUT2D eigenvalue weighted by Gasteiger charge is -2.22. The predicted octanol–water partition coefficient (Wildman–Crippen LogP) is 3.50. The lowest BCUT2D eigenvalue weighted by molar-refractivity contribution is -0.113. The van der Waals surface area contributed by atoms with Crippen molar-refractivity contribution >= 4 is 29.3 Å². The zero-order valence-corrected chi connectivity index (χ0v) is 17.3. The minimum atomic E-state index is -0.0764. The van der Waals surface area contributed by atoms with Crippen molar-refractivity contribution in [1.82, 2.24) is 9.80 Å². The molecule has 0 atom stereocenters. The number of hydrogen-bond acceptors (Lipinski definition) is 4. The molecule has 0 radical (unpaired) electrons. The number of thioether (sulfide) groups is 1. The van der Waals surface area contributed by atoms with Gasteiger partial charge >= 0.3 is 0 Å². The topological polar surface area (TPSA) is 52.7 Å². The van der Waals surface area contributed by atoms with Crippen LogP contribution < -0.4 is 5.32 Å². The molecule has 1 aliphatic heterocycles. The molecule has 1 heterocycles. The Morgan fingerprint density at radius 1 is 1.00 bits per heavy atom. The first-order chi connectivity index (χ1) is 13.5. The van der Waals surface area contributed by atoms with Gasteiger partial charge in [0, 0.05) is 30.2 Å². The molecule has 1 fully saturated rings. The van der Waals surface area contributed by atoms with E-state index >= 15 is 0 Å². The second kappa shape index (κ2) is 9.75. The molecule has 2 aromatic rings. The first-order valence-corrected chi connectivity index (χ1v) is 10.6. The molecule has 28 heavy (non-hydrogen) atoms. The van der Waals surface area contributed by atoms with E-state index in [2.05, 4.69) is 17.3 Å². The van der Waals surface area contributed by atoms with Gasteiger partial charge in [-0.15, -0.1) is 11.8 Å². The minimum Gasteiger partial charge on any atom is -0.337 e. The van der Waals surface area contributed by atoms with Gasteiger partial charge in [-0.2, -0.15) is 0 Å². The summed E-state index contributed by atoms with van der Waals surface area (Å²) in [6.07, 6.45) is 0.983. The lowest BCUT2D eigenvalue weighted by Crippen LogP contribution is -2.34. The Kier molecular flexibility index (Phi) is 7.12. The van der Waals surface area contributed by atoms with Gasteiger partial charge in [0.2, 0.25) is 5.91 Å². The average molecular weight is 398 g/mol. The molecule has 5 nitrogen and oxygen atoms in total. The number of anilines is 1. The molecule has 0 saturated carbocycles. The van der Waals surface area contributed by atoms with Crippen LogP contribution in [0.2, 0.25) is 0 Å². The third-order valence-electron chi connectivity index (χ3n) is 4.82. The minimum absolute atomic E-state index is 0.0531. The van der Waals surface area contributed by atoms with E-state index in [-0.39, 0.29) is 17.6 Å². The van der Waals surface area contributed by atoms with Crippen LogP contribution in [-0.2, 0) is 4.79 Å². The Labute approximate surface area is 171 Å². The number of aryl methyl sites for hydroxylation is 1. The average Bonchev–Trinajstić information content (AvgIpc) is 2.92. The summed E-state index contributed by atoms with van der Waals surface area (Å²) in [5.74, 6) is 0.241. The number of benzene rings is 2. The van der Waals surface area contributed by atoms with Crippen LogP contribution >= 0.6 is 11.8 Å². The maximum atomic E-state index is 13.0. The number of amides is 2. The number of nitrogens with zero attached hydrogens (tertiary/aromatic N) is 2. The van der Waals surface area contributed by atoms with Crippen LogP contribution in [0.5, 0.6) is 0 Å². The number of rotatable bonds is 5. The van der Waals surface area contributed by atoms with E-state index < -0.39 is 0 Å². The molecule has 2 aromatic carbocycles. The highest BCUT2D eigenvalue weighted by molar-refractivity contribution is 8.00. The fourth-order valence-corrected chi connectivity index (χ4v) is 4.01. The molecule has 0 aliphatic carbocycles. The van der Waals surface area contributed by atoms with Crippen molar-refractivity contribution in [2.75, 3.05) is 44.3 Å². The number of carbonyl (C=O) groups is 2. The largest absolute Gasteiger partial charge is 0.337 e. The van der Waals surface area contributed by atoms with Crippen molar-refractivity contribution < 1.29 is 9.59 Å². The summed E-state index contributed by atoms with van der Waals surface area (Å²) in [7, 11) is 2.09. The molecule has 0 aromatic heterocycles. The number of likely N-dealkylation sites (N-methyl/N-ethyl adjacent to an activating group) is 1. The van der Waals surface area contributed by atoms with Crippen LogP contribution in [0.4, 0.5) is 5.69 Å². The molecule has 6 heteroatoms. The first-order valence-electron chi connectivity index (χ1n) is 9.59. The summed E-state index contributed by atoms with van der Waals surface area (Å²) >= 11 is 1.41. The highest BCUT2D eigenvalue weighted by Gasteiger charge is 2.21. The lowest BCUT2D eigenvalue weighted by atomic mass is 10.2. The second-order valence-electron chi connectivity index (χ2n) is 7.15. The van der Waals surface area contributed by atoms with Gasteiger partial charge in [-0.25, -0.2) is 0 Å². The van der Waals surface area contributed by atoms with Gasteiger partial charge in [0.25, 0.3) is 5.91 Å². The zero-order valence-electron chi connectivity index (χ0n) is 16.5.